The van der Waals surface area contributed by atoms with E-state index < -0.39 is 0 Å². The van der Waals surface area contributed by atoms with Crippen molar-refractivity contribution in [1.82, 2.24) is 4.48 Å². The minimum Gasteiger partial charge on any atom is -0.402 e. The van der Waals surface area contributed by atoms with Gasteiger partial charge in [0, 0.05) is 5.92 Å². The first-order chi connectivity index (χ1) is 12.2. The first kappa shape index (κ1) is 20.9. The fourth-order valence-electron chi connectivity index (χ4n) is 5.92. The number of rotatable bonds is 6. The van der Waals surface area contributed by atoms with E-state index in [0.29, 0.717) is 6.04 Å². The lowest BCUT2D eigenvalue weighted by Crippen LogP contribution is -2.94. The Labute approximate surface area is 167 Å². The van der Waals surface area contributed by atoms with Gasteiger partial charge in [-0.2, -0.15) is 0 Å². The van der Waals surface area contributed by atoms with Crippen LogP contribution in [0.15, 0.2) is 30.3 Å². The van der Waals surface area contributed by atoms with E-state index in [0.717, 1.165) is 10.4 Å². The molecule has 4 fully saturated rings. The largest absolute Gasteiger partial charge is 0.482 e. The molecule has 0 radical (unpaired) electrons. The van der Waals surface area contributed by atoms with Gasteiger partial charge in [-0.3, -0.25) is 4.48 Å². The Bertz CT molecular complexity index is 650. The highest BCUT2D eigenvalue weighted by Crippen LogP contribution is 2.71. The standard InChI is InChI=1S/C22H35BNO2.CH4/c1-7-12-17(8-2)19-22(23-25-20(3,4)21(5,6)26-23)15-24(19,16-22)18-13-10-9-11-14-18;/h9-11,13-14,17,19H,7-8,12,15-16H2,1-6H3;1H4/q+1;. The zero-order valence-corrected chi connectivity index (χ0v) is 17.4. The lowest BCUT2D eigenvalue weighted by molar-refractivity contribution is -0.142. The highest BCUT2D eigenvalue weighted by molar-refractivity contribution is 6.52. The summed E-state index contributed by atoms with van der Waals surface area (Å²) in [4.78, 5) is 0. The van der Waals surface area contributed by atoms with Gasteiger partial charge in [-0.1, -0.05) is 45.9 Å². The smallest absolute Gasteiger partial charge is 0.402 e. The predicted molar refractivity (Wildman–Crippen MR) is 116 cm³/mol. The Kier molecular flexibility index (Phi) is 5.11. The Hall–Kier alpha value is -0.835. The topological polar surface area (TPSA) is 18.5 Å². The summed E-state index contributed by atoms with van der Waals surface area (Å²) in [6.45, 7) is 15.7. The lowest BCUT2D eigenvalue weighted by Gasteiger charge is -2.76. The van der Waals surface area contributed by atoms with E-state index in [2.05, 4.69) is 71.9 Å². The molecule has 4 aliphatic rings. The van der Waals surface area contributed by atoms with Gasteiger partial charge in [0.15, 0.2) is 5.31 Å². The second kappa shape index (κ2) is 6.61. The maximum atomic E-state index is 6.56. The van der Waals surface area contributed by atoms with Gasteiger partial charge in [-0.25, -0.2) is 0 Å². The van der Waals surface area contributed by atoms with Gasteiger partial charge in [0.25, 0.3) is 0 Å². The number of quaternary nitrogens is 1. The SMILES string of the molecule is C.CCCC(CC)C1C2(B3OC(C)(C)C(C)(C)O3)C[N+]1(c1ccccc1)C2. The highest BCUT2D eigenvalue weighted by Gasteiger charge is 2.87. The minimum atomic E-state index is -0.239. The van der Waals surface area contributed by atoms with Crippen LogP contribution >= 0.6 is 0 Å². The van der Waals surface area contributed by atoms with Gasteiger partial charge in [-0.05, 0) is 52.7 Å². The molecule has 2 atom stereocenters. The molecular weight excluding hydrogens is 333 g/mol. The van der Waals surface area contributed by atoms with Crippen LogP contribution in [0, 0.1) is 5.92 Å². The fourth-order valence-corrected chi connectivity index (χ4v) is 5.92. The molecule has 0 aromatic heterocycles. The molecule has 4 aliphatic heterocycles. The van der Waals surface area contributed by atoms with Crippen LogP contribution < -0.4 is 4.48 Å². The molecule has 0 spiro atoms. The third-order valence-electron chi connectivity index (χ3n) is 7.90. The molecule has 0 amide bonds. The van der Waals surface area contributed by atoms with Crippen molar-refractivity contribution < 1.29 is 9.31 Å². The van der Waals surface area contributed by atoms with Crippen molar-refractivity contribution in [2.75, 3.05) is 13.1 Å². The number of hydrogen-bond acceptors (Lipinski definition) is 2. The zero-order chi connectivity index (χ0) is 18.8. The molecule has 27 heavy (non-hydrogen) atoms. The van der Waals surface area contributed by atoms with Crippen LogP contribution in [0.2, 0.25) is 5.31 Å². The van der Waals surface area contributed by atoms with E-state index >= 15 is 0 Å². The Morgan fingerprint density at radius 2 is 1.59 bits per heavy atom. The molecule has 1 aromatic carbocycles. The minimum absolute atomic E-state index is 0. The Balaban J connectivity index is 0.00000210. The highest BCUT2D eigenvalue weighted by atomic mass is 16.7. The second-order valence-corrected chi connectivity index (χ2v) is 9.91. The van der Waals surface area contributed by atoms with E-state index in [4.69, 9.17) is 9.31 Å². The molecule has 0 saturated carbocycles. The van der Waals surface area contributed by atoms with E-state index in [1.807, 2.05) is 0 Å². The van der Waals surface area contributed by atoms with E-state index in [9.17, 15) is 0 Å². The van der Waals surface area contributed by atoms with Crippen molar-refractivity contribution in [3.8, 4) is 0 Å². The molecule has 0 aliphatic carbocycles. The second-order valence-electron chi connectivity index (χ2n) is 9.91. The predicted octanol–water partition coefficient (Wildman–Crippen LogP) is 5.68. The maximum absolute atomic E-state index is 6.56. The Morgan fingerprint density at radius 3 is 2.07 bits per heavy atom. The number of hydrogen-bond donors (Lipinski definition) is 0. The summed E-state index contributed by atoms with van der Waals surface area (Å²) in [6, 6.07) is 11.8. The molecule has 2 bridgehead atoms. The monoisotopic (exact) mass is 372 g/mol. The van der Waals surface area contributed by atoms with Gasteiger partial charge in [0.1, 0.15) is 11.7 Å². The van der Waals surface area contributed by atoms with Gasteiger partial charge in [0.05, 0.1) is 24.3 Å². The molecule has 4 heterocycles. The van der Waals surface area contributed by atoms with Crippen LogP contribution in [0.5, 0.6) is 0 Å². The summed E-state index contributed by atoms with van der Waals surface area (Å²) < 4.78 is 14.3. The van der Waals surface area contributed by atoms with Crippen molar-refractivity contribution in [2.45, 2.75) is 90.8 Å². The summed E-state index contributed by atoms with van der Waals surface area (Å²) in [5.41, 5.74) is 0.999. The van der Waals surface area contributed by atoms with Crippen molar-refractivity contribution in [1.29, 1.82) is 0 Å². The van der Waals surface area contributed by atoms with Gasteiger partial charge >= 0.3 is 7.12 Å². The number of nitrogens with zero attached hydrogens (tertiary/aromatic N) is 1. The van der Waals surface area contributed by atoms with Gasteiger partial charge < -0.3 is 9.31 Å². The van der Waals surface area contributed by atoms with Crippen molar-refractivity contribution in [3.63, 3.8) is 0 Å². The lowest BCUT2D eigenvalue weighted by atomic mass is 9.37. The molecule has 150 valence electrons. The molecule has 2 unspecified atom stereocenters. The average molecular weight is 372 g/mol. The Morgan fingerprint density at radius 1 is 1.04 bits per heavy atom. The first-order valence-corrected chi connectivity index (χ1v) is 10.5. The molecule has 4 heteroatoms. The van der Waals surface area contributed by atoms with E-state index in [1.165, 1.54) is 38.0 Å². The van der Waals surface area contributed by atoms with Crippen LogP contribution in [0.1, 0.15) is 68.2 Å². The van der Waals surface area contributed by atoms with Crippen LogP contribution in [0.4, 0.5) is 5.69 Å². The van der Waals surface area contributed by atoms with Crippen LogP contribution in [-0.2, 0) is 9.31 Å². The van der Waals surface area contributed by atoms with E-state index in [1.54, 1.807) is 0 Å². The van der Waals surface area contributed by atoms with Crippen molar-refractivity contribution in [3.05, 3.63) is 30.3 Å². The van der Waals surface area contributed by atoms with Crippen molar-refractivity contribution in [2.24, 2.45) is 5.92 Å². The fraction of sp³-hybridized carbons (Fsp3) is 0.739. The molecule has 0 N–H and O–H groups in total. The number of benzene rings is 1. The zero-order valence-electron chi connectivity index (χ0n) is 17.4. The third kappa shape index (κ3) is 2.67. The summed E-state index contributed by atoms with van der Waals surface area (Å²) in [5.74, 6) is 0.738. The molecule has 5 rings (SSSR count). The summed E-state index contributed by atoms with van der Waals surface area (Å²) in [6.07, 6.45) is 3.80. The average Bonchev–Trinajstić information content (AvgIpc) is 2.74. The molecule has 3 nitrogen and oxygen atoms in total. The molecular formula is C23H39BNO2+. The summed E-state index contributed by atoms with van der Waals surface area (Å²) >= 11 is 0. The summed E-state index contributed by atoms with van der Waals surface area (Å²) in [7, 11) is -0.0629. The quantitative estimate of drug-likeness (QED) is 0.472. The van der Waals surface area contributed by atoms with Crippen LogP contribution in [-0.4, -0.2) is 37.5 Å². The van der Waals surface area contributed by atoms with Crippen LogP contribution in [0.3, 0.4) is 0 Å². The van der Waals surface area contributed by atoms with Gasteiger partial charge in [-0.15, -0.1) is 0 Å². The maximum Gasteiger partial charge on any atom is 0.482 e. The van der Waals surface area contributed by atoms with Crippen molar-refractivity contribution >= 4 is 12.8 Å². The molecule has 1 aromatic rings. The summed E-state index contributed by atoms with van der Waals surface area (Å²) in [5, 5.41) is 0.191. The molecule has 4 saturated heterocycles. The van der Waals surface area contributed by atoms with E-state index in [-0.39, 0.29) is 31.1 Å². The number of para-hydroxylation sites is 1. The normalized spacial score (nSPS) is 36.4. The first-order valence-electron chi connectivity index (χ1n) is 10.5. The van der Waals surface area contributed by atoms with Gasteiger partial charge in [0.2, 0.25) is 0 Å². The van der Waals surface area contributed by atoms with Crippen LogP contribution in [0.25, 0.3) is 0 Å². The third-order valence-corrected chi connectivity index (χ3v) is 7.90.